The third-order valence-corrected chi connectivity index (χ3v) is 5.18. The predicted molar refractivity (Wildman–Crippen MR) is 88.8 cm³/mol. The van der Waals surface area contributed by atoms with Crippen LogP contribution in [0.3, 0.4) is 0 Å². The van der Waals surface area contributed by atoms with Gasteiger partial charge < -0.3 is 5.32 Å². The van der Waals surface area contributed by atoms with Crippen molar-refractivity contribution in [2.24, 2.45) is 11.8 Å². The molecule has 2 rings (SSSR count). The van der Waals surface area contributed by atoms with Crippen molar-refractivity contribution in [3.8, 4) is 0 Å². The summed E-state index contributed by atoms with van der Waals surface area (Å²) in [6.07, 6.45) is 20.4. The van der Waals surface area contributed by atoms with E-state index in [1.165, 1.54) is 57.8 Å². The van der Waals surface area contributed by atoms with Gasteiger partial charge in [0.05, 0.1) is 0 Å². The van der Waals surface area contributed by atoms with Gasteiger partial charge in [-0.3, -0.25) is 0 Å². The zero-order valence-electron chi connectivity index (χ0n) is 12.9. The highest BCUT2D eigenvalue weighted by molar-refractivity contribution is 5.00. The summed E-state index contributed by atoms with van der Waals surface area (Å²) >= 11 is 0. The molecule has 0 aromatic rings. The second-order valence-corrected chi connectivity index (χ2v) is 6.52. The number of nitrogens with one attached hydrogen (secondary N) is 1. The van der Waals surface area contributed by atoms with Gasteiger partial charge >= 0.3 is 0 Å². The van der Waals surface area contributed by atoms with Crippen molar-refractivity contribution >= 4 is 0 Å². The monoisotopic (exact) mass is 273 g/mol. The minimum atomic E-state index is 0.763. The van der Waals surface area contributed by atoms with Crippen LogP contribution >= 0.6 is 0 Å². The average molecular weight is 273 g/mol. The summed E-state index contributed by atoms with van der Waals surface area (Å²) < 4.78 is 0. The summed E-state index contributed by atoms with van der Waals surface area (Å²) in [5, 5.41) is 3.96. The number of rotatable bonds is 7. The fourth-order valence-corrected chi connectivity index (χ4v) is 4.16. The highest BCUT2D eigenvalue weighted by atomic mass is 15.0. The molecule has 1 aliphatic heterocycles. The van der Waals surface area contributed by atoms with Crippen LogP contribution < -0.4 is 5.32 Å². The Labute approximate surface area is 125 Å². The summed E-state index contributed by atoms with van der Waals surface area (Å²) in [6, 6.07) is 1.55. The Kier molecular flexibility index (Phi) is 6.59. The first-order valence-electron chi connectivity index (χ1n) is 8.49. The number of unbranched alkanes of at least 4 members (excludes halogenated alkanes) is 1. The minimum Gasteiger partial charge on any atom is -0.311 e. The lowest BCUT2D eigenvalue weighted by atomic mass is 9.69. The Morgan fingerprint density at radius 3 is 2.80 bits per heavy atom. The van der Waals surface area contributed by atoms with E-state index < -0.39 is 0 Å². The molecule has 0 amide bonds. The first-order valence-corrected chi connectivity index (χ1v) is 8.49. The van der Waals surface area contributed by atoms with Crippen molar-refractivity contribution in [2.75, 3.05) is 0 Å². The Morgan fingerprint density at radius 1 is 1.10 bits per heavy atom. The van der Waals surface area contributed by atoms with E-state index in [-0.39, 0.29) is 0 Å². The highest BCUT2D eigenvalue weighted by Gasteiger charge is 2.36. The van der Waals surface area contributed by atoms with Crippen LogP contribution in [0.5, 0.6) is 0 Å². The molecule has 2 fully saturated rings. The second kappa shape index (κ2) is 8.46. The van der Waals surface area contributed by atoms with Gasteiger partial charge in [0.2, 0.25) is 0 Å². The van der Waals surface area contributed by atoms with Gasteiger partial charge in [-0.25, -0.2) is 0 Å². The van der Waals surface area contributed by atoms with E-state index in [0.717, 1.165) is 23.9 Å². The molecule has 1 aliphatic carbocycles. The molecule has 1 heteroatoms. The van der Waals surface area contributed by atoms with Gasteiger partial charge in [0.15, 0.2) is 0 Å². The third kappa shape index (κ3) is 4.34. The second-order valence-electron chi connectivity index (χ2n) is 6.52. The lowest BCUT2D eigenvalue weighted by Gasteiger charge is -2.45. The van der Waals surface area contributed by atoms with E-state index in [4.69, 9.17) is 0 Å². The number of fused-ring (bicyclic) bond motifs is 1. The lowest BCUT2D eigenvalue weighted by molar-refractivity contribution is 0.113. The zero-order valence-corrected chi connectivity index (χ0v) is 12.9. The molecule has 0 aromatic heterocycles. The molecule has 1 heterocycles. The third-order valence-electron chi connectivity index (χ3n) is 5.18. The maximum absolute atomic E-state index is 3.96. The van der Waals surface area contributed by atoms with Crippen LogP contribution in [0.4, 0.5) is 0 Å². The van der Waals surface area contributed by atoms with E-state index in [1.54, 1.807) is 0 Å². The fraction of sp³-hybridized carbons (Fsp3) is 0.684. The Balaban J connectivity index is 1.82. The normalized spacial score (nSPS) is 33.8. The summed E-state index contributed by atoms with van der Waals surface area (Å²) in [5.74, 6) is 1.81. The Hall–Kier alpha value is -0.820. The van der Waals surface area contributed by atoms with Crippen LogP contribution in [0.25, 0.3) is 0 Å². The largest absolute Gasteiger partial charge is 0.311 e. The molecule has 1 N–H and O–H groups in total. The quantitative estimate of drug-likeness (QED) is 0.390. The van der Waals surface area contributed by atoms with Crippen LogP contribution in [0, 0.1) is 11.8 Å². The van der Waals surface area contributed by atoms with Crippen molar-refractivity contribution in [1.82, 2.24) is 5.32 Å². The van der Waals surface area contributed by atoms with E-state index in [2.05, 4.69) is 30.6 Å². The highest BCUT2D eigenvalue weighted by Crippen LogP contribution is 2.39. The molecule has 1 saturated carbocycles. The molecule has 4 atom stereocenters. The van der Waals surface area contributed by atoms with Crippen LogP contribution in [-0.2, 0) is 0 Å². The van der Waals surface area contributed by atoms with Gasteiger partial charge in [-0.15, -0.1) is 6.58 Å². The maximum Gasteiger partial charge on any atom is 0.0101 e. The van der Waals surface area contributed by atoms with Gasteiger partial charge in [-0.2, -0.15) is 0 Å². The summed E-state index contributed by atoms with van der Waals surface area (Å²) in [6.45, 7) is 7.58. The van der Waals surface area contributed by atoms with E-state index in [0.29, 0.717) is 0 Å². The molecule has 4 unspecified atom stereocenters. The molecule has 1 saturated heterocycles. The molecule has 1 nitrogen and oxygen atoms in total. The number of piperidine rings is 1. The van der Waals surface area contributed by atoms with Crippen LogP contribution in [-0.4, -0.2) is 12.1 Å². The summed E-state index contributed by atoms with van der Waals surface area (Å²) in [4.78, 5) is 0. The predicted octanol–water partition coefficient (Wildman–Crippen LogP) is 5.01. The fourth-order valence-electron chi connectivity index (χ4n) is 4.16. The van der Waals surface area contributed by atoms with Crippen LogP contribution in [0.1, 0.15) is 57.8 Å². The number of hydrogen-bond acceptors (Lipinski definition) is 1. The molecule has 0 radical (unpaired) electrons. The van der Waals surface area contributed by atoms with E-state index >= 15 is 0 Å². The van der Waals surface area contributed by atoms with Gasteiger partial charge in [-0.1, -0.05) is 37.3 Å². The molecule has 0 spiro atoms. The van der Waals surface area contributed by atoms with Gasteiger partial charge in [0, 0.05) is 12.1 Å². The Morgan fingerprint density at radius 2 is 2.00 bits per heavy atom. The number of hydrogen-bond donors (Lipinski definition) is 1. The molecular weight excluding hydrogens is 242 g/mol. The van der Waals surface area contributed by atoms with Crippen molar-refractivity contribution in [3.05, 3.63) is 37.5 Å². The number of allylic oxidation sites excluding steroid dienone is 4. The van der Waals surface area contributed by atoms with Crippen LogP contribution in [0.15, 0.2) is 37.5 Å². The molecule has 0 bridgehead atoms. The molecule has 112 valence electrons. The maximum atomic E-state index is 3.96. The smallest absolute Gasteiger partial charge is 0.0101 e. The lowest BCUT2D eigenvalue weighted by Crippen LogP contribution is -2.51. The average Bonchev–Trinajstić information content (AvgIpc) is 2.48. The standard InChI is InChI=1S/C19H31N/c1-3-5-7-10-16-11-9-13-19-18(16)15-14-17(20-19)12-8-6-4-2/h3-5,7,16-20H,1-2,6,8-15H2. The Bertz CT molecular complexity index is 331. The topological polar surface area (TPSA) is 12.0 Å². The van der Waals surface area contributed by atoms with Crippen LogP contribution in [0.2, 0.25) is 0 Å². The van der Waals surface area contributed by atoms with Gasteiger partial charge in [0.25, 0.3) is 0 Å². The van der Waals surface area contributed by atoms with E-state index in [9.17, 15) is 0 Å². The van der Waals surface area contributed by atoms with Gasteiger partial charge in [0.1, 0.15) is 0 Å². The van der Waals surface area contributed by atoms with Crippen molar-refractivity contribution < 1.29 is 0 Å². The van der Waals surface area contributed by atoms with Crippen molar-refractivity contribution in [3.63, 3.8) is 0 Å². The molecule has 2 aliphatic rings. The molecule has 20 heavy (non-hydrogen) atoms. The van der Waals surface area contributed by atoms with Gasteiger partial charge in [-0.05, 0) is 63.2 Å². The SMILES string of the molecule is C=CC=CCC1CCCC2NC(CCCC=C)CCC12. The van der Waals surface area contributed by atoms with Crippen molar-refractivity contribution in [1.29, 1.82) is 0 Å². The minimum absolute atomic E-state index is 0.763. The summed E-state index contributed by atoms with van der Waals surface area (Å²) in [5.41, 5.74) is 0. The molecular formula is C19H31N. The first kappa shape index (κ1) is 15.6. The first-order chi connectivity index (χ1) is 9.85. The van der Waals surface area contributed by atoms with Crippen molar-refractivity contribution in [2.45, 2.75) is 69.9 Å². The zero-order chi connectivity index (χ0) is 14.2. The molecule has 0 aromatic carbocycles. The van der Waals surface area contributed by atoms with E-state index in [1.807, 2.05) is 12.2 Å². The summed E-state index contributed by atoms with van der Waals surface area (Å²) in [7, 11) is 0.